The number of aliphatic imine (C=N–C) groups is 1. The lowest BCUT2D eigenvalue weighted by Gasteiger charge is -2.44. The van der Waals surface area contributed by atoms with Crippen molar-refractivity contribution in [3.8, 4) is 11.1 Å². The predicted octanol–water partition coefficient (Wildman–Crippen LogP) is 5.93. The summed E-state index contributed by atoms with van der Waals surface area (Å²) in [5.74, 6) is 1.19. The number of benzene rings is 2. The van der Waals surface area contributed by atoms with Crippen LogP contribution in [0.2, 0.25) is 0 Å². The topological polar surface area (TPSA) is 22.1 Å². The molecule has 4 nitrogen and oxygen atoms in total. The molecule has 5 heteroatoms. The van der Waals surface area contributed by atoms with Crippen LogP contribution in [0.25, 0.3) is 11.1 Å². The summed E-state index contributed by atoms with van der Waals surface area (Å²) in [5, 5.41) is 0. The molecule has 1 aliphatic carbocycles. The molecule has 5 rings (SSSR count). The number of hydrogen-bond donors (Lipinski definition) is 0. The monoisotopic (exact) mass is 450 g/mol. The first kappa shape index (κ1) is 23.2. The summed E-state index contributed by atoms with van der Waals surface area (Å²) in [6.45, 7) is 12.9. The van der Waals surface area contributed by atoms with Crippen LogP contribution in [-0.2, 0) is 0 Å². The molecule has 3 aliphatic rings. The summed E-state index contributed by atoms with van der Waals surface area (Å²) in [5.41, 5.74) is 3.85. The van der Waals surface area contributed by atoms with E-state index < -0.39 is 0 Å². The summed E-state index contributed by atoms with van der Waals surface area (Å²) in [6.07, 6.45) is 5.48. The van der Waals surface area contributed by atoms with Gasteiger partial charge in [-0.3, -0.25) is 14.2 Å². The second-order valence-electron chi connectivity index (χ2n) is 9.08. The van der Waals surface area contributed by atoms with Crippen molar-refractivity contribution in [3.63, 3.8) is 0 Å². The number of guanidine groups is 1. The lowest BCUT2D eigenvalue weighted by atomic mass is 9.91. The van der Waals surface area contributed by atoms with E-state index in [2.05, 4.69) is 83.4 Å². The van der Waals surface area contributed by atoms with Crippen molar-refractivity contribution in [2.75, 3.05) is 39.3 Å². The van der Waals surface area contributed by atoms with E-state index in [0.717, 1.165) is 32.2 Å². The highest BCUT2D eigenvalue weighted by molar-refractivity contribution is 7.97. The van der Waals surface area contributed by atoms with E-state index in [1.165, 1.54) is 66.3 Å². The lowest BCUT2D eigenvalue weighted by molar-refractivity contribution is 0.0835. The number of rotatable bonds is 4. The van der Waals surface area contributed by atoms with Gasteiger partial charge in [-0.25, -0.2) is 0 Å². The van der Waals surface area contributed by atoms with Crippen molar-refractivity contribution in [2.24, 2.45) is 4.99 Å². The van der Waals surface area contributed by atoms with Gasteiger partial charge in [0.15, 0.2) is 0 Å². The Morgan fingerprint density at radius 2 is 1.44 bits per heavy atom. The normalized spacial score (nSPS) is 19.3. The molecule has 1 saturated heterocycles. The molecule has 0 amide bonds. The van der Waals surface area contributed by atoms with Crippen LogP contribution < -0.4 is 0 Å². The van der Waals surface area contributed by atoms with E-state index >= 15 is 0 Å². The van der Waals surface area contributed by atoms with Gasteiger partial charge in [0, 0.05) is 37.1 Å². The fourth-order valence-corrected chi connectivity index (χ4v) is 5.32. The van der Waals surface area contributed by atoms with Gasteiger partial charge >= 0.3 is 0 Å². The van der Waals surface area contributed by atoms with Gasteiger partial charge in [0.05, 0.1) is 13.1 Å². The molecule has 0 spiro atoms. The molecule has 2 fully saturated rings. The van der Waals surface area contributed by atoms with E-state index in [9.17, 15) is 0 Å². The highest BCUT2D eigenvalue weighted by Gasteiger charge is 2.31. The van der Waals surface area contributed by atoms with E-state index in [1.807, 2.05) is 11.9 Å². The molecule has 0 unspecified atom stereocenters. The third kappa shape index (κ3) is 5.68. The van der Waals surface area contributed by atoms with Crippen LogP contribution in [0.1, 0.15) is 45.1 Å². The fraction of sp³-hybridized carbons (Fsp3) is 0.519. The first-order valence-electron chi connectivity index (χ1n) is 12.3. The molecule has 0 atom stereocenters. The predicted molar refractivity (Wildman–Crippen MR) is 138 cm³/mol. The molecule has 2 aromatic carbocycles. The molecule has 1 saturated carbocycles. The van der Waals surface area contributed by atoms with Gasteiger partial charge in [-0.15, -0.1) is 0 Å². The maximum Gasteiger partial charge on any atom is 0.207 e. The number of nitrogens with zero attached hydrogens (tertiary/aromatic N) is 4. The van der Waals surface area contributed by atoms with Crippen LogP contribution >= 0.6 is 11.9 Å². The lowest BCUT2D eigenvalue weighted by Crippen LogP contribution is -2.55. The highest BCUT2D eigenvalue weighted by atomic mass is 32.2. The van der Waals surface area contributed by atoms with E-state index in [-0.39, 0.29) is 0 Å². The molecule has 2 heterocycles. The fourth-order valence-electron chi connectivity index (χ4n) is 4.38. The molecule has 32 heavy (non-hydrogen) atoms. The van der Waals surface area contributed by atoms with Gasteiger partial charge in [-0.1, -0.05) is 68.7 Å². The Morgan fingerprint density at radius 3 is 2.00 bits per heavy atom. The Labute approximate surface area is 198 Å². The van der Waals surface area contributed by atoms with Crippen molar-refractivity contribution in [1.29, 1.82) is 0 Å². The maximum absolute atomic E-state index is 4.84. The zero-order valence-corrected chi connectivity index (χ0v) is 20.8. The third-order valence-electron chi connectivity index (χ3n) is 6.42. The summed E-state index contributed by atoms with van der Waals surface area (Å²) in [7, 11) is 0. The first-order chi connectivity index (χ1) is 15.7. The number of hydrogen-bond acceptors (Lipinski definition) is 5. The largest absolute Gasteiger partial charge is 0.340 e. The van der Waals surface area contributed by atoms with Crippen LogP contribution in [0.5, 0.6) is 0 Å². The third-order valence-corrected chi connectivity index (χ3v) is 7.47. The SMILES string of the molecule is CCC.Cc1ccc(-c2ccc(SN3CCN=C3N3CCN(C4CCC4)CC3)cc2)cc1. The number of aryl methyl sites for hydroxylation is 1. The quantitative estimate of drug-likeness (QED) is 0.539. The molecule has 0 radical (unpaired) electrons. The van der Waals surface area contributed by atoms with Gasteiger partial charge in [-0.05, 0) is 55.0 Å². The molecule has 0 bridgehead atoms. The van der Waals surface area contributed by atoms with Gasteiger partial charge in [0.1, 0.15) is 0 Å². The average Bonchev–Trinajstić information content (AvgIpc) is 3.23. The minimum atomic E-state index is 0.861. The van der Waals surface area contributed by atoms with Gasteiger partial charge < -0.3 is 4.90 Å². The van der Waals surface area contributed by atoms with Crippen LogP contribution in [0.15, 0.2) is 58.4 Å². The smallest absolute Gasteiger partial charge is 0.207 e. The van der Waals surface area contributed by atoms with E-state index in [1.54, 1.807) is 0 Å². The van der Waals surface area contributed by atoms with Gasteiger partial charge in [0.2, 0.25) is 5.96 Å². The Morgan fingerprint density at radius 1 is 0.844 bits per heavy atom. The molecular weight excluding hydrogens is 412 g/mol. The molecule has 172 valence electrons. The molecule has 0 aromatic heterocycles. The van der Waals surface area contributed by atoms with Crippen molar-refractivity contribution in [2.45, 2.75) is 57.4 Å². The Balaban J connectivity index is 0.000000775. The standard InChI is InChI=1S/C24H30N4S.C3H8/c1-19-5-7-20(8-6-19)21-9-11-23(12-10-21)29-28-14-13-25-24(28)27-17-15-26(16-18-27)22-3-2-4-22;1-3-2/h5-12,22H,2-4,13-18H2,1H3;3H2,1-2H3. The van der Waals surface area contributed by atoms with Crippen molar-refractivity contribution >= 4 is 17.9 Å². The van der Waals surface area contributed by atoms with Crippen molar-refractivity contribution in [3.05, 3.63) is 54.1 Å². The minimum Gasteiger partial charge on any atom is -0.340 e. The molecule has 0 N–H and O–H groups in total. The van der Waals surface area contributed by atoms with E-state index in [4.69, 9.17) is 4.99 Å². The van der Waals surface area contributed by atoms with Crippen LogP contribution in [0, 0.1) is 6.92 Å². The molecule has 2 aliphatic heterocycles. The zero-order chi connectivity index (χ0) is 22.3. The molecule has 2 aromatic rings. The second kappa shape index (κ2) is 11.2. The van der Waals surface area contributed by atoms with Crippen molar-refractivity contribution in [1.82, 2.24) is 14.1 Å². The summed E-state index contributed by atoms with van der Waals surface area (Å²) < 4.78 is 2.39. The maximum atomic E-state index is 4.84. The second-order valence-corrected chi connectivity index (χ2v) is 10.2. The Hall–Kier alpha value is -1.98. The van der Waals surface area contributed by atoms with Gasteiger partial charge in [0.25, 0.3) is 0 Å². The zero-order valence-electron chi connectivity index (χ0n) is 20.0. The summed E-state index contributed by atoms with van der Waals surface area (Å²) in [6, 6.07) is 18.6. The highest BCUT2D eigenvalue weighted by Crippen LogP contribution is 2.30. The van der Waals surface area contributed by atoms with Crippen LogP contribution in [0.3, 0.4) is 0 Å². The number of piperazine rings is 1. The first-order valence-corrected chi connectivity index (χ1v) is 13.1. The summed E-state index contributed by atoms with van der Waals surface area (Å²) >= 11 is 1.83. The van der Waals surface area contributed by atoms with Crippen LogP contribution in [-0.4, -0.2) is 65.4 Å². The van der Waals surface area contributed by atoms with E-state index in [0.29, 0.717) is 0 Å². The van der Waals surface area contributed by atoms with Crippen molar-refractivity contribution < 1.29 is 0 Å². The van der Waals surface area contributed by atoms with Crippen LogP contribution in [0.4, 0.5) is 0 Å². The molecular formula is C27H38N4S. The average molecular weight is 451 g/mol. The summed E-state index contributed by atoms with van der Waals surface area (Å²) in [4.78, 5) is 11.3. The minimum absolute atomic E-state index is 0.861. The van der Waals surface area contributed by atoms with Gasteiger partial charge in [-0.2, -0.15) is 0 Å². The Kier molecular flexibility index (Phi) is 8.15. The Bertz CT molecular complexity index is 866.